The number of aryl methyl sites for hydroxylation is 1. The minimum absolute atomic E-state index is 0.380. The van der Waals surface area contributed by atoms with Gasteiger partial charge in [0.2, 0.25) is 0 Å². The molecule has 2 aromatic carbocycles. The van der Waals surface area contributed by atoms with E-state index in [1.807, 2.05) is 31.2 Å². The molecule has 0 saturated carbocycles. The third kappa shape index (κ3) is 2.65. The van der Waals surface area contributed by atoms with Crippen molar-refractivity contribution in [1.82, 2.24) is 0 Å². The van der Waals surface area contributed by atoms with Gasteiger partial charge in [-0.1, -0.05) is 30.3 Å². The molecule has 0 aliphatic carbocycles. The Morgan fingerprint density at radius 2 is 1.89 bits per heavy atom. The molecule has 0 amide bonds. The standard InChI is InChI=1S/C16H15FO2/c1-11-5-3-4-6-13(11)15(10-18)14-8-7-12(17)9-16(14)19-2/h3-10,15H,1-2H3. The van der Waals surface area contributed by atoms with E-state index in [0.717, 1.165) is 17.4 Å². The molecule has 98 valence electrons. The van der Waals surface area contributed by atoms with E-state index in [-0.39, 0.29) is 5.82 Å². The average Bonchev–Trinajstić information content (AvgIpc) is 2.43. The smallest absolute Gasteiger partial charge is 0.132 e. The molecule has 0 bridgehead atoms. The maximum atomic E-state index is 13.2. The molecule has 1 unspecified atom stereocenters. The van der Waals surface area contributed by atoms with Gasteiger partial charge in [0.1, 0.15) is 17.9 Å². The Hall–Kier alpha value is -2.16. The van der Waals surface area contributed by atoms with Crippen LogP contribution in [0, 0.1) is 12.7 Å². The van der Waals surface area contributed by atoms with E-state index in [4.69, 9.17) is 4.74 Å². The molecule has 0 aliphatic heterocycles. The first-order valence-electron chi connectivity index (χ1n) is 6.01. The van der Waals surface area contributed by atoms with Gasteiger partial charge in [0.15, 0.2) is 0 Å². The number of methoxy groups -OCH3 is 1. The lowest BCUT2D eigenvalue weighted by molar-refractivity contribution is -0.108. The predicted octanol–water partition coefficient (Wildman–Crippen LogP) is 3.47. The number of hydrogen-bond donors (Lipinski definition) is 0. The van der Waals surface area contributed by atoms with Gasteiger partial charge in [-0.3, -0.25) is 0 Å². The van der Waals surface area contributed by atoms with Crippen LogP contribution >= 0.6 is 0 Å². The van der Waals surface area contributed by atoms with Gasteiger partial charge < -0.3 is 9.53 Å². The number of hydrogen-bond acceptors (Lipinski definition) is 2. The first kappa shape index (κ1) is 13.3. The quantitative estimate of drug-likeness (QED) is 0.785. The zero-order valence-electron chi connectivity index (χ0n) is 10.9. The number of carbonyl (C=O) groups excluding carboxylic acids is 1. The molecule has 2 nitrogen and oxygen atoms in total. The maximum absolute atomic E-state index is 13.2. The van der Waals surface area contributed by atoms with Crippen molar-refractivity contribution in [3.63, 3.8) is 0 Å². The molecule has 0 aromatic heterocycles. The fraction of sp³-hybridized carbons (Fsp3) is 0.188. The van der Waals surface area contributed by atoms with Crippen LogP contribution in [0.1, 0.15) is 22.6 Å². The monoisotopic (exact) mass is 258 g/mol. The summed E-state index contributed by atoms with van der Waals surface area (Å²) in [6, 6.07) is 11.9. The molecule has 2 rings (SSSR count). The van der Waals surface area contributed by atoms with Gasteiger partial charge in [-0.15, -0.1) is 0 Å². The Bertz CT molecular complexity index is 593. The lowest BCUT2D eigenvalue weighted by atomic mass is 9.89. The molecule has 0 heterocycles. The zero-order valence-corrected chi connectivity index (χ0v) is 10.9. The van der Waals surface area contributed by atoms with Gasteiger partial charge in [-0.2, -0.15) is 0 Å². The zero-order chi connectivity index (χ0) is 13.8. The Morgan fingerprint density at radius 1 is 1.16 bits per heavy atom. The number of aldehydes is 1. The van der Waals surface area contributed by atoms with Gasteiger partial charge in [-0.25, -0.2) is 4.39 Å². The van der Waals surface area contributed by atoms with Gasteiger partial charge in [0.25, 0.3) is 0 Å². The molecule has 0 radical (unpaired) electrons. The van der Waals surface area contributed by atoms with E-state index in [9.17, 15) is 9.18 Å². The van der Waals surface area contributed by atoms with Gasteiger partial charge in [0, 0.05) is 11.6 Å². The highest BCUT2D eigenvalue weighted by Crippen LogP contribution is 2.32. The molecular weight excluding hydrogens is 243 g/mol. The first-order chi connectivity index (χ1) is 9.17. The summed E-state index contributed by atoms with van der Waals surface area (Å²) in [7, 11) is 1.47. The SMILES string of the molecule is COc1cc(F)ccc1C(C=O)c1ccccc1C. The fourth-order valence-electron chi connectivity index (χ4n) is 2.19. The Kier molecular flexibility index (Phi) is 3.95. The molecule has 2 aromatic rings. The van der Waals surface area contributed by atoms with Crippen LogP contribution in [0.5, 0.6) is 5.75 Å². The van der Waals surface area contributed by atoms with Crippen LogP contribution in [0.15, 0.2) is 42.5 Å². The van der Waals surface area contributed by atoms with Crippen LogP contribution in [0.2, 0.25) is 0 Å². The highest BCUT2D eigenvalue weighted by Gasteiger charge is 2.19. The van der Waals surface area contributed by atoms with E-state index in [0.29, 0.717) is 11.3 Å². The topological polar surface area (TPSA) is 26.3 Å². The van der Waals surface area contributed by atoms with Crippen LogP contribution in [-0.2, 0) is 4.79 Å². The van der Waals surface area contributed by atoms with E-state index in [2.05, 4.69) is 0 Å². The van der Waals surface area contributed by atoms with E-state index < -0.39 is 5.92 Å². The van der Waals surface area contributed by atoms with Crippen LogP contribution in [0.4, 0.5) is 4.39 Å². The number of rotatable bonds is 4. The molecule has 0 N–H and O–H groups in total. The molecule has 0 saturated heterocycles. The van der Waals surface area contributed by atoms with Crippen molar-refractivity contribution in [3.8, 4) is 5.75 Å². The Labute approximate surface area is 111 Å². The minimum Gasteiger partial charge on any atom is -0.496 e. The summed E-state index contributed by atoms with van der Waals surface area (Å²) >= 11 is 0. The summed E-state index contributed by atoms with van der Waals surface area (Å²) in [5.41, 5.74) is 2.60. The van der Waals surface area contributed by atoms with Crippen molar-refractivity contribution in [2.45, 2.75) is 12.8 Å². The second-order valence-electron chi connectivity index (χ2n) is 4.36. The van der Waals surface area contributed by atoms with Crippen molar-refractivity contribution in [2.75, 3.05) is 7.11 Å². The van der Waals surface area contributed by atoms with Gasteiger partial charge in [0.05, 0.1) is 13.0 Å². The normalized spacial score (nSPS) is 11.9. The van der Waals surface area contributed by atoms with E-state index in [1.165, 1.54) is 19.2 Å². The molecular formula is C16H15FO2. The third-order valence-electron chi connectivity index (χ3n) is 3.19. The highest BCUT2D eigenvalue weighted by atomic mass is 19.1. The highest BCUT2D eigenvalue weighted by molar-refractivity contribution is 5.71. The lowest BCUT2D eigenvalue weighted by Crippen LogP contribution is -2.06. The van der Waals surface area contributed by atoms with Crippen LogP contribution in [-0.4, -0.2) is 13.4 Å². The third-order valence-corrected chi connectivity index (χ3v) is 3.19. The molecule has 3 heteroatoms. The second kappa shape index (κ2) is 5.65. The molecule has 0 fully saturated rings. The lowest BCUT2D eigenvalue weighted by Gasteiger charge is -2.17. The number of benzene rings is 2. The Balaban J connectivity index is 2.54. The summed E-state index contributed by atoms with van der Waals surface area (Å²) in [6.07, 6.45) is 0.859. The van der Waals surface area contributed by atoms with Crippen LogP contribution in [0.25, 0.3) is 0 Å². The van der Waals surface area contributed by atoms with E-state index >= 15 is 0 Å². The molecule has 1 atom stereocenters. The van der Waals surface area contributed by atoms with Crippen LogP contribution in [0.3, 0.4) is 0 Å². The van der Waals surface area contributed by atoms with Crippen molar-refractivity contribution in [1.29, 1.82) is 0 Å². The molecule has 0 aliphatic rings. The van der Waals surface area contributed by atoms with Crippen molar-refractivity contribution in [2.24, 2.45) is 0 Å². The van der Waals surface area contributed by atoms with Crippen molar-refractivity contribution >= 4 is 6.29 Å². The number of ether oxygens (including phenoxy) is 1. The number of halogens is 1. The number of carbonyl (C=O) groups is 1. The maximum Gasteiger partial charge on any atom is 0.132 e. The largest absolute Gasteiger partial charge is 0.496 e. The summed E-state index contributed by atoms with van der Waals surface area (Å²) in [5, 5.41) is 0. The summed E-state index contributed by atoms with van der Waals surface area (Å²) in [6.45, 7) is 1.95. The first-order valence-corrected chi connectivity index (χ1v) is 6.01. The average molecular weight is 258 g/mol. The fourth-order valence-corrected chi connectivity index (χ4v) is 2.19. The summed E-state index contributed by atoms with van der Waals surface area (Å²) in [5.74, 6) is -0.438. The second-order valence-corrected chi connectivity index (χ2v) is 4.36. The predicted molar refractivity (Wildman–Crippen MR) is 72.0 cm³/mol. The molecule has 19 heavy (non-hydrogen) atoms. The summed E-state index contributed by atoms with van der Waals surface area (Å²) in [4.78, 5) is 11.5. The van der Waals surface area contributed by atoms with Crippen molar-refractivity contribution in [3.05, 3.63) is 65.0 Å². The molecule has 0 spiro atoms. The van der Waals surface area contributed by atoms with E-state index in [1.54, 1.807) is 6.07 Å². The summed E-state index contributed by atoms with van der Waals surface area (Å²) < 4.78 is 18.4. The van der Waals surface area contributed by atoms with Gasteiger partial charge >= 0.3 is 0 Å². The van der Waals surface area contributed by atoms with Crippen LogP contribution < -0.4 is 4.74 Å². The van der Waals surface area contributed by atoms with Crippen molar-refractivity contribution < 1.29 is 13.9 Å². The Morgan fingerprint density at radius 3 is 2.53 bits per heavy atom. The minimum atomic E-state index is -0.447. The van der Waals surface area contributed by atoms with Gasteiger partial charge in [-0.05, 0) is 24.1 Å².